The molecule has 1 aliphatic heterocycles. The Labute approximate surface area is 128 Å². The van der Waals surface area contributed by atoms with Gasteiger partial charge in [0.1, 0.15) is 0 Å². The Bertz CT molecular complexity index is 502. The van der Waals surface area contributed by atoms with Crippen molar-refractivity contribution in [2.75, 3.05) is 18.4 Å². The topological polar surface area (TPSA) is 67.2 Å². The lowest BCUT2D eigenvalue weighted by Crippen LogP contribution is -2.50. The maximum Gasteiger partial charge on any atom is 0.250 e. The number of hydrogen-bond acceptors (Lipinski definition) is 3. The molecule has 1 aliphatic rings. The van der Waals surface area contributed by atoms with Gasteiger partial charge >= 0.3 is 0 Å². The number of carbonyl (C=O) groups excluding carboxylic acids is 1. The molecule has 1 aromatic rings. The second-order valence-corrected chi connectivity index (χ2v) is 6.95. The van der Waals surface area contributed by atoms with E-state index in [1.165, 1.54) is 12.8 Å². The number of primary amides is 1. The van der Waals surface area contributed by atoms with Crippen LogP contribution in [0.15, 0.2) is 22.7 Å². The van der Waals surface area contributed by atoms with Crippen molar-refractivity contribution in [3.63, 3.8) is 0 Å². The van der Waals surface area contributed by atoms with E-state index in [1.807, 2.05) is 12.1 Å². The molecule has 0 bridgehead atoms. The van der Waals surface area contributed by atoms with Gasteiger partial charge < -0.3 is 16.4 Å². The van der Waals surface area contributed by atoms with E-state index in [1.54, 1.807) is 6.07 Å². The maximum atomic E-state index is 11.5. The van der Waals surface area contributed by atoms with E-state index in [0.717, 1.165) is 23.2 Å². The molecule has 1 aromatic carbocycles. The summed E-state index contributed by atoms with van der Waals surface area (Å²) in [5.41, 5.74) is 7.00. The van der Waals surface area contributed by atoms with Gasteiger partial charge in [-0.2, -0.15) is 0 Å². The van der Waals surface area contributed by atoms with Gasteiger partial charge in [0.25, 0.3) is 5.91 Å². The molecule has 0 radical (unpaired) electrons. The number of rotatable bonds is 4. The summed E-state index contributed by atoms with van der Waals surface area (Å²) in [6.45, 7) is 6.40. The van der Waals surface area contributed by atoms with E-state index in [2.05, 4.69) is 40.4 Å². The van der Waals surface area contributed by atoms with Crippen LogP contribution < -0.4 is 16.4 Å². The normalized spacial score (nSPS) is 21.4. The fourth-order valence-electron chi connectivity index (χ4n) is 2.71. The third-order valence-corrected chi connectivity index (χ3v) is 4.57. The minimum Gasteiger partial charge on any atom is -0.383 e. The molecule has 2 rings (SSSR count). The van der Waals surface area contributed by atoms with Crippen LogP contribution >= 0.6 is 15.9 Å². The van der Waals surface area contributed by atoms with Gasteiger partial charge in [0, 0.05) is 22.7 Å². The standard InChI is InChI=1S/C15H22BrN3O/c1-15(2)6-3-7-18-13(15)9-19-12-5-4-10(16)8-11(12)14(17)20/h4-5,8,13,18-19H,3,6-7,9H2,1-2H3,(H2,17,20). The molecule has 5 heteroatoms. The van der Waals surface area contributed by atoms with Crippen molar-refractivity contribution in [3.05, 3.63) is 28.2 Å². The zero-order valence-corrected chi connectivity index (χ0v) is 13.6. The van der Waals surface area contributed by atoms with Crippen LogP contribution in [0.3, 0.4) is 0 Å². The van der Waals surface area contributed by atoms with Crippen LogP contribution in [0.1, 0.15) is 37.0 Å². The Morgan fingerprint density at radius 1 is 1.55 bits per heavy atom. The number of amides is 1. The quantitative estimate of drug-likeness (QED) is 0.790. The molecule has 20 heavy (non-hydrogen) atoms. The Morgan fingerprint density at radius 3 is 2.95 bits per heavy atom. The lowest BCUT2D eigenvalue weighted by Gasteiger charge is -2.39. The minimum atomic E-state index is -0.412. The molecule has 110 valence electrons. The van der Waals surface area contributed by atoms with E-state index in [-0.39, 0.29) is 5.41 Å². The molecule has 0 aliphatic carbocycles. The first-order chi connectivity index (χ1) is 9.40. The van der Waals surface area contributed by atoms with Gasteiger partial charge in [0.2, 0.25) is 0 Å². The summed E-state index contributed by atoms with van der Waals surface area (Å²) in [5.74, 6) is -0.412. The highest BCUT2D eigenvalue weighted by Gasteiger charge is 2.31. The molecule has 1 heterocycles. The second kappa shape index (κ2) is 6.14. The molecule has 4 nitrogen and oxygen atoms in total. The maximum absolute atomic E-state index is 11.5. The number of nitrogens with two attached hydrogens (primary N) is 1. The van der Waals surface area contributed by atoms with Crippen molar-refractivity contribution in [2.24, 2.45) is 11.1 Å². The van der Waals surface area contributed by atoms with Crippen LogP contribution in [-0.4, -0.2) is 25.0 Å². The minimum absolute atomic E-state index is 0.257. The Kier molecular flexibility index (Phi) is 4.70. The summed E-state index contributed by atoms with van der Waals surface area (Å²) < 4.78 is 0.855. The van der Waals surface area contributed by atoms with Crippen LogP contribution in [0.2, 0.25) is 0 Å². The zero-order valence-electron chi connectivity index (χ0n) is 12.0. The largest absolute Gasteiger partial charge is 0.383 e. The molecular weight excluding hydrogens is 318 g/mol. The van der Waals surface area contributed by atoms with E-state index in [0.29, 0.717) is 11.6 Å². The van der Waals surface area contributed by atoms with Crippen LogP contribution in [0.4, 0.5) is 5.69 Å². The van der Waals surface area contributed by atoms with Crippen LogP contribution in [0, 0.1) is 5.41 Å². The predicted octanol–water partition coefficient (Wildman–Crippen LogP) is 2.74. The van der Waals surface area contributed by atoms with E-state index >= 15 is 0 Å². The average Bonchev–Trinajstić information content (AvgIpc) is 2.38. The first-order valence-electron chi connectivity index (χ1n) is 6.97. The lowest BCUT2D eigenvalue weighted by molar-refractivity contribution is 0.100. The highest BCUT2D eigenvalue weighted by Crippen LogP contribution is 2.30. The summed E-state index contributed by atoms with van der Waals surface area (Å²) in [4.78, 5) is 11.5. The highest BCUT2D eigenvalue weighted by atomic mass is 79.9. The van der Waals surface area contributed by atoms with Crippen LogP contribution in [0.5, 0.6) is 0 Å². The van der Waals surface area contributed by atoms with Gasteiger partial charge in [0.05, 0.1) is 5.56 Å². The summed E-state index contributed by atoms with van der Waals surface area (Å²) in [7, 11) is 0. The Hall–Kier alpha value is -1.07. The number of halogens is 1. The van der Waals surface area contributed by atoms with Gasteiger partial charge in [-0.1, -0.05) is 29.8 Å². The summed E-state index contributed by atoms with van der Waals surface area (Å²) in [6, 6.07) is 5.94. The van der Waals surface area contributed by atoms with E-state index < -0.39 is 5.91 Å². The first-order valence-corrected chi connectivity index (χ1v) is 7.76. The number of carbonyl (C=O) groups is 1. The van der Waals surface area contributed by atoms with Crippen LogP contribution in [-0.2, 0) is 0 Å². The Balaban J connectivity index is 2.09. The number of anilines is 1. The smallest absolute Gasteiger partial charge is 0.250 e. The summed E-state index contributed by atoms with van der Waals surface area (Å²) in [5, 5.41) is 6.91. The molecule has 0 aromatic heterocycles. The molecule has 1 amide bonds. The summed E-state index contributed by atoms with van der Waals surface area (Å²) >= 11 is 3.36. The van der Waals surface area contributed by atoms with Gasteiger partial charge in [-0.15, -0.1) is 0 Å². The molecular formula is C15H22BrN3O. The van der Waals surface area contributed by atoms with Crippen molar-refractivity contribution in [3.8, 4) is 0 Å². The average molecular weight is 340 g/mol. The SMILES string of the molecule is CC1(C)CCCNC1CNc1ccc(Br)cc1C(N)=O. The molecule has 1 fully saturated rings. The van der Waals surface area contributed by atoms with Gasteiger partial charge in [-0.25, -0.2) is 0 Å². The van der Waals surface area contributed by atoms with Gasteiger partial charge in [-0.05, 0) is 43.0 Å². The summed E-state index contributed by atoms with van der Waals surface area (Å²) in [6.07, 6.45) is 2.43. The fourth-order valence-corrected chi connectivity index (χ4v) is 3.07. The second-order valence-electron chi connectivity index (χ2n) is 6.03. The van der Waals surface area contributed by atoms with Crippen molar-refractivity contribution in [1.29, 1.82) is 0 Å². The molecule has 0 saturated carbocycles. The molecule has 1 saturated heterocycles. The van der Waals surface area contributed by atoms with Crippen molar-refractivity contribution < 1.29 is 4.79 Å². The first kappa shape index (κ1) is 15.3. The van der Waals surface area contributed by atoms with Gasteiger partial charge in [-0.3, -0.25) is 4.79 Å². The molecule has 4 N–H and O–H groups in total. The Morgan fingerprint density at radius 2 is 2.30 bits per heavy atom. The predicted molar refractivity (Wildman–Crippen MR) is 86.0 cm³/mol. The van der Waals surface area contributed by atoms with Crippen molar-refractivity contribution >= 4 is 27.5 Å². The lowest BCUT2D eigenvalue weighted by atomic mass is 9.77. The van der Waals surface area contributed by atoms with E-state index in [9.17, 15) is 4.79 Å². The van der Waals surface area contributed by atoms with Crippen LogP contribution in [0.25, 0.3) is 0 Å². The number of benzene rings is 1. The van der Waals surface area contributed by atoms with Gasteiger partial charge in [0.15, 0.2) is 0 Å². The van der Waals surface area contributed by atoms with Crippen molar-refractivity contribution in [1.82, 2.24) is 5.32 Å². The third kappa shape index (κ3) is 3.52. The fraction of sp³-hybridized carbons (Fsp3) is 0.533. The zero-order chi connectivity index (χ0) is 14.8. The number of piperidine rings is 1. The van der Waals surface area contributed by atoms with E-state index in [4.69, 9.17) is 5.73 Å². The highest BCUT2D eigenvalue weighted by molar-refractivity contribution is 9.10. The monoisotopic (exact) mass is 339 g/mol. The van der Waals surface area contributed by atoms with Crippen molar-refractivity contribution in [2.45, 2.75) is 32.7 Å². The molecule has 0 spiro atoms. The number of nitrogens with one attached hydrogen (secondary N) is 2. The number of hydrogen-bond donors (Lipinski definition) is 3. The molecule has 1 atom stereocenters. The molecule has 1 unspecified atom stereocenters. The third-order valence-electron chi connectivity index (χ3n) is 4.08.